The number of hydrogen-bond donors (Lipinski definition) is 2. The Balaban J connectivity index is 1.77. The van der Waals surface area contributed by atoms with Gasteiger partial charge in [-0.25, -0.2) is 0 Å². The van der Waals surface area contributed by atoms with E-state index in [0.29, 0.717) is 6.54 Å². The molecule has 0 saturated heterocycles. The first-order chi connectivity index (χ1) is 10.9. The number of rotatable bonds is 3. The van der Waals surface area contributed by atoms with E-state index in [1.54, 1.807) is 0 Å². The molecule has 3 rings (SSSR count). The van der Waals surface area contributed by atoms with E-state index in [9.17, 15) is 4.79 Å². The number of nitrogens with one attached hydrogen (secondary N) is 2. The number of hydrogen-bond acceptors (Lipinski definition) is 3. The van der Waals surface area contributed by atoms with E-state index in [2.05, 4.69) is 51.4 Å². The summed E-state index contributed by atoms with van der Waals surface area (Å²) >= 11 is 3.46. The monoisotopic (exact) mass is 373 g/mol. The van der Waals surface area contributed by atoms with Crippen LogP contribution in [0.2, 0.25) is 0 Å². The molecule has 0 bridgehead atoms. The summed E-state index contributed by atoms with van der Waals surface area (Å²) in [6, 6.07) is 15.7. The zero-order valence-corrected chi connectivity index (χ0v) is 14.9. The number of carbonyl (C=O) groups excluding carboxylic acids is 1. The standard InChI is InChI=1S/C18H20BrN3O/c1-18(2)12-22(16-10-6-5-9-15(16)21-18)11-17(23)20-14-8-4-3-7-13(14)19/h3-10,21H,11-12H2,1-2H3,(H,20,23). The van der Waals surface area contributed by atoms with E-state index in [4.69, 9.17) is 0 Å². The summed E-state index contributed by atoms with van der Waals surface area (Å²) < 4.78 is 0.884. The molecule has 0 saturated carbocycles. The van der Waals surface area contributed by atoms with E-state index >= 15 is 0 Å². The Bertz CT molecular complexity index is 730. The second-order valence-electron chi connectivity index (χ2n) is 6.41. The number of benzene rings is 2. The summed E-state index contributed by atoms with van der Waals surface area (Å²) in [6.45, 7) is 5.38. The van der Waals surface area contributed by atoms with Crippen LogP contribution >= 0.6 is 15.9 Å². The molecule has 5 heteroatoms. The smallest absolute Gasteiger partial charge is 0.243 e. The van der Waals surface area contributed by atoms with Crippen molar-refractivity contribution in [2.45, 2.75) is 19.4 Å². The van der Waals surface area contributed by atoms with Crippen molar-refractivity contribution < 1.29 is 4.79 Å². The normalized spacial score (nSPS) is 15.5. The van der Waals surface area contributed by atoms with E-state index in [0.717, 1.165) is 28.1 Å². The molecule has 0 spiro atoms. The molecule has 120 valence electrons. The van der Waals surface area contributed by atoms with Gasteiger partial charge in [-0.3, -0.25) is 4.79 Å². The van der Waals surface area contributed by atoms with E-state index in [1.165, 1.54) is 0 Å². The highest BCUT2D eigenvalue weighted by Crippen LogP contribution is 2.34. The van der Waals surface area contributed by atoms with Crippen LogP contribution in [0.25, 0.3) is 0 Å². The molecule has 23 heavy (non-hydrogen) atoms. The summed E-state index contributed by atoms with van der Waals surface area (Å²) in [5.41, 5.74) is 2.84. The third kappa shape index (κ3) is 3.67. The molecule has 2 N–H and O–H groups in total. The number of anilines is 3. The van der Waals surface area contributed by atoms with Gasteiger partial charge in [0.25, 0.3) is 0 Å². The molecule has 2 aromatic carbocycles. The van der Waals surface area contributed by atoms with Crippen LogP contribution in [0.3, 0.4) is 0 Å². The Hall–Kier alpha value is -2.01. The van der Waals surface area contributed by atoms with Gasteiger partial charge in [-0.05, 0) is 54.0 Å². The highest BCUT2D eigenvalue weighted by molar-refractivity contribution is 9.10. The highest BCUT2D eigenvalue weighted by atomic mass is 79.9. The molecule has 0 radical (unpaired) electrons. The van der Waals surface area contributed by atoms with Crippen LogP contribution in [0.15, 0.2) is 53.0 Å². The molecule has 0 aromatic heterocycles. The number of halogens is 1. The molecule has 1 amide bonds. The second kappa shape index (κ2) is 6.24. The Labute approximate surface area is 145 Å². The molecule has 0 fully saturated rings. The topological polar surface area (TPSA) is 44.4 Å². The molecule has 0 atom stereocenters. The molecular formula is C18H20BrN3O. The van der Waals surface area contributed by atoms with Gasteiger partial charge in [0.05, 0.1) is 23.6 Å². The fourth-order valence-corrected chi connectivity index (χ4v) is 3.27. The fraction of sp³-hybridized carbons (Fsp3) is 0.278. The fourth-order valence-electron chi connectivity index (χ4n) is 2.89. The van der Waals surface area contributed by atoms with Crippen molar-refractivity contribution in [3.05, 3.63) is 53.0 Å². The van der Waals surface area contributed by atoms with Crippen molar-refractivity contribution in [1.29, 1.82) is 0 Å². The highest BCUT2D eigenvalue weighted by Gasteiger charge is 2.30. The number of nitrogens with zero attached hydrogens (tertiary/aromatic N) is 1. The Morgan fingerprint density at radius 2 is 1.91 bits per heavy atom. The number of fused-ring (bicyclic) bond motifs is 1. The molecule has 1 heterocycles. The summed E-state index contributed by atoms with van der Waals surface area (Å²) in [5, 5.41) is 6.49. The maximum Gasteiger partial charge on any atom is 0.243 e. The van der Waals surface area contributed by atoms with Gasteiger partial charge in [-0.15, -0.1) is 0 Å². The van der Waals surface area contributed by atoms with Gasteiger partial charge in [0, 0.05) is 16.6 Å². The summed E-state index contributed by atoms with van der Waals surface area (Å²) in [7, 11) is 0. The predicted octanol–water partition coefficient (Wildman–Crippen LogP) is 4.10. The predicted molar refractivity (Wildman–Crippen MR) is 99.1 cm³/mol. The zero-order valence-electron chi connectivity index (χ0n) is 13.3. The van der Waals surface area contributed by atoms with E-state index in [1.807, 2.05) is 42.5 Å². The van der Waals surface area contributed by atoms with Crippen LogP contribution in [0, 0.1) is 0 Å². The average molecular weight is 374 g/mol. The lowest BCUT2D eigenvalue weighted by atomic mass is 9.99. The minimum Gasteiger partial charge on any atom is -0.377 e. The van der Waals surface area contributed by atoms with Gasteiger partial charge >= 0.3 is 0 Å². The maximum atomic E-state index is 12.5. The first-order valence-corrected chi connectivity index (χ1v) is 8.40. The second-order valence-corrected chi connectivity index (χ2v) is 7.26. The summed E-state index contributed by atoms with van der Waals surface area (Å²) in [6.07, 6.45) is 0. The van der Waals surface area contributed by atoms with E-state index < -0.39 is 0 Å². The number of para-hydroxylation sites is 3. The van der Waals surface area contributed by atoms with Crippen LogP contribution in [0.4, 0.5) is 17.1 Å². The van der Waals surface area contributed by atoms with Crippen molar-refractivity contribution >= 4 is 38.9 Å². The van der Waals surface area contributed by atoms with Gasteiger partial charge < -0.3 is 15.5 Å². The molecule has 0 unspecified atom stereocenters. The van der Waals surface area contributed by atoms with Gasteiger partial charge in [0.15, 0.2) is 0 Å². The van der Waals surface area contributed by atoms with Crippen LogP contribution in [0.5, 0.6) is 0 Å². The Kier molecular flexibility index (Phi) is 4.31. The first kappa shape index (κ1) is 15.9. The van der Waals surface area contributed by atoms with Crippen LogP contribution < -0.4 is 15.5 Å². The molecule has 4 nitrogen and oxygen atoms in total. The quantitative estimate of drug-likeness (QED) is 0.850. The molecule has 2 aromatic rings. The third-order valence-corrected chi connectivity index (χ3v) is 4.48. The van der Waals surface area contributed by atoms with Crippen molar-refractivity contribution in [2.75, 3.05) is 28.6 Å². The van der Waals surface area contributed by atoms with Crippen molar-refractivity contribution in [3.8, 4) is 0 Å². The molecular weight excluding hydrogens is 354 g/mol. The largest absolute Gasteiger partial charge is 0.377 e. The van der Waals surface area contributed by atoms with Crippen LogP contribution in [-0.4, -0.2) is 24.5 Å². The zero-order chi connectivity index (χ0) is 16.4. The maximum absolute atomic E-state index is 12.5. The summed E-state index contributed by atoms with van der Waals surface area (Å²) in [4.78, 5) is 14.6. The summed E-state index contributed by atoms with van der Waals surface area (Å²) in [5.74, 6) is -0.0237. The van der Waals surface area contributed by atoms with Gasteiger partial charge in [0.2, 0.25) is 5.91 Å². The SMILES string of the molecule is CC1(C)CN(CC(=O)Nc2ccccc2Br)c2ccccc2N1. The van der Waals surface area contributed by atoms with Crippen molar-refractivity contribution in [1.82, 2.24) is 0 Å². The molecule has 1 aliphatic rings. The minimum atomic E-state index is -0.0814. The Morgan fingerprint density at radius 3 is 2.70 bits per heavy atom. The van der Waals surface area contributed by atoms with Gasteiger partial charge in [-0.1, -0.05) is 24.3 Å². The first-order valence-electron chi connectivity index (χ1n) is 7.61. The van der Waals surface area contributed by atoms with E-state index in [-0.39, 0.29) is 11.4 Å². The lowest BCUT2D eigenvalue weighted by molar-refractivity contribution is -0.115. The minimum absolute atomic E-state index is 0.0237. The van der Waals surface area contributed by atoms with Gasteiger partial charge in [-0.2, -0.15) is 0 Å². The number of amides is 1. The van der Waals surface area contributed by atoms with Crippen LogP contribution in [0.1, 0.15) is 13.8 Å². The van der Waals surface area contributed by atoms with Crippen molar-refractivity contribution in [2.24, 2.45) is 0 Å². The lowest BCUT2D eigenvalue weighted by Gasteiger charge is -2.41. The number of carbonyl (C=O) groups is 1. The van der Waals surface area contributed by atoms with Gasteiger partial charge in [0.1, 0.15) is 0 Å². The average Bonchev–Trinajstić information content (AvgIpc) is 2.48. The third-order valence-electron chi connectivity index (χ3n) is 3.79. The lowest BCUT2D eigenvalue weighted by Crippen LogP contribution is -2.50. The molecule has 0 aliphatic carbocycles. The Morgan fingerprint density at radius 1 is 1.22 bits per heavy atom. The molecule has 1 aliphatic heterocycles. The van der Waals surface area contributed by atoms with Crippen LogP contribution in [-0.2, 0) is 4.79 Å². The van der Waals surface area contributed by atoms with Crippen molar-refractivity contribution in [3.63, 3.8) is 0 Å².